The Hall–Kier alpha value is -2.78. The van der Waals surface area contributed by atoms with Crippen LogP contribution in [-0.2, 0) is 26.2 Å². The van der Waals surface area contributed by atoms with Gasteiger partial charge in [-0.15, -0.1) is 0 Å². The van der Waals surface area contributed by atoms with E-state index < -0.39 is 16.1 Å². The summed E-state index contributed by atoms with van der Waals surface area (Å²) in [4.78, 5) is 28.4. The van der Waals surface area contributed by atoms with E-state index in [4.69, 9.17) is 16.3 Å². The fourth-order valence-electron chi connectivity index (χ4n) is 4.87. The maximum absolute atomic E-state index is 13.6. The zero-order valence-electron chi connectivity index (χ0n) is 22.4. The summed E-state index contributed by atoms with van der Waals surface area (Å²) >= 11 is 6.40. The Balaban J connectivity index is 1.77. The molecule has 1 fully saturated rings. The van der Waals surface area contributed by atoms with E-state index in [2.05, 4.69) is 5.32 Å². The Morgan fingerprint density at radius 1 is 1.13 bits per heavy atom. The number of ether oxygens (including phenoxy) is 1. The monoisotopic (exact) mass is 563 g/mol. The number of halogens is 1. The number of hydrogen-bond acceptors (Lipinski definition) is 5. The molecule has 2 amide bonds. The van der Waals surface area contributed by atoms with Crippen LogP contribution in [0.25, 0.3) is 0 Å². The summed E-state index contributed by atoms with van der Waals surface area (Å²) in [6.07, 6.45) is 6.03. The summed E-state index contributed by atoms with van der Waals surface area (Å²) in [6.45, 7) is 2.20. The largest absolute Gasteiger partial charge is 0.497 e. The van der Waals surface area contributed by atoms with Gasteiger partial charge in [0.05, 0.1) is 19.1 Å². The highest BCUT2D eigenvalue weighted by molar-refractivity contribution is 7.92. The second-order valence-electron chi connectivity index (χ2n) is 9.67. The van der Waals surface area contributed by atoms with Gasteiger partial charge >= 0.3 is 0 Å². The van der Waals surface area contributed by atoms with E-state index >= 15 is 0 Å². The third-order valence-electron chi connectivity index (χ3n) is 6.88. The Bertz CT molecular complexity index is 1200. The number of carbonyl (C=O) groups is 2. The molecule has 2 aromatic carbocycles. The lowest BCUT2D eigenvalue weighted by Gasteiger charge is -2.32. The lowest BCUT2D eigenvalue weighted by molar-refractivity contribution is -0.141. The molecule has 1 saturated carbocycles. The highest BCUT2D eigenvalue weighted by atomic mass is 35.5. The predicted octanol–water partition coefficient (Wildman–Crippen LogP) is 4.76. The number of rotatable bonds is 13. The van der Waals surface area contributed by atoms with Gasteiger partial charge in [0.25, 0.3) is 0 Å². The maximum atomic E-state index is 13.6. The van der Waals surface area contributed by atoms with Crippen LogP contribution in [-0.4, -0.2) is 57.1 Å². The Labute approximate surface area is 231 Å². The van der Waals surface area contributed by atoms with Gasteiger partial charge in [0.1, 0.15) is 11.8 Å². The molecule has 1 atom stereocenters. The van der Waals surface area contributed by atoms with Crippen LogP contribution in [0, 0.1) is 0 Å². The van der Waals surface area contributed by atoms with E-state index in [0.29, 0.717) is 22.9 Å². The minimum atomic E-state index is -3.59. The van der Waals surface area contributed by atoms with Crippen molar-refractivity contribution in [3.05, 3.63) is 59.1 Å². The summed E-state index contributed by atoms with van der Waals surface area (Å²) < 4.78 is 31.6. The average molecular weight is 564 g/mol. The third-order valence-corrected chi connectivity index (χ3v) is 8.44. The molecular formula is C28H38ClN3O5S. The van der Waals surface area contributed by atoms with E-state index in [-0.39, 0.29) is 43.8 Å². The summed E-state index contributed by atoms with van der Waals surface area (Å²) in [5.74, 6) is 0.156. The lowest BCUT2D eigenvalue weighted by atomic mass is 10.1. The van der Waals surface area contributed by atoms with E-state index in [9.17, 15) is 18.0 Å². The van der Waals surface area contributed by atoms with Crippen LogP contribution in [0.4, 0.5) is 5.69 Å². The second kappa shape index (κ2) is 13.8. The summed E-state index contributed by atoms with van der Waals surface area (Å²) in [6, 6.07) is 13.6. The van der Waals surface area contributed by atoms with Crippen LogP contribution >= 0.6 is 11.6 Å². The fourth-order valence-corrected chi connectivity index (χ4v) is 6.02. The molecule has 0 saturated heterocycles. The number of methoxy groups -OCH3 is 1. The molecule has 0 spiro atoms. The van der Waals surface area contributed by atoms with E-state index in [1.165, 1.54) is 11.4 Å². The van der Waals surface area contributed by atoms with Gasteiger partial charge in [-0.05, 0) is 49.4 Å². The molecule has 0 bridgehead atoms. The van der Waals surface area contributed by atoms with Gasteiger partial charge in [-0.25, -0.2) is 8.42 Å². The number of carbonyl (C=O) groups excluding carboxylic acids is 2. The number of benzene rings is 2. The third kappa shape index (κ3) is 8.11. The topological polar surface area (TPSA) is 96.0 Å². The molecule has 38 heavy (non-hydrogen) atoms. The van der Waals surface area contributed by atoms with Crippen LogP contribution in [0.2, 0.25) is 5.02 Å². The van der Waals surface area contributed by atoms with Crippen molar-refractivity contribution in [1.29, 1.82) is 0 Å². The SMILES string of the molecule is CCC(C(=O)NC1CCCC1)N(Cc1ccccc1Cl)C(=O)CCCN(c1cccc(OC)c1)S(C)(=O)=O. The van der Waals surface area contributed by atoms with Crippen molar-refractivity contribution in [2.24, 2.45) is 0 Å². The predicted molar refractivity (Wildman–Crippen MR) is 151 cm³/mol. The van der Waals surface area contributed by atoms with E-state index in [0.717, 1.165) is 37.5 Å². The molecule has 1 unspecified atom stereocenters. The second-order valence-corrected chi connectivity index (χ2v) is 12.0. The van der Waals surface area contributed by atoms with Crippen LogP contribution in [0.3, 0.4) is 0 Å². The molecule has 208 valence electrons. The molecule has 0 aromatic heterocycles. The van der Waals surface area contributed by atoms with Crippen molar-refractivity contribution in [1.82, 2.24) is 10.2 Å². The number of hydrogen-bond donors (Lipinski definition) is 1. The molecule has 0 heterocycles. The first kappa shape index (κ1) is 29.8. The number of amides is 2. The number of anilines is 1. The van der Waals surface area contributed by atoms with Crippen molar-refractivity contribution in [3.63, 3.8) is 0 Å². The number of sulfonamides is 1. The molecule has 0 aliphatic heterocycles. The van der Waals surface area contributed by atoms with Gasteiger partial charge in [0.15, 0.2) is 0 Å². The van der Waals surface area contributed by atoms with E-state index in [1.807, 2.05) is 25.1 Å². The molecular weight excluding hydrogens is 526 g/mol. The average Bonchev–Trinajstić information content (AvgIpc) is 3.39. The van der Waals surface area contributed by atoms with Crippen molar-refractivity contribution in [2.45, 2.75) is 70.5 Å². The molecule has 1 N–H and O–H groups in total. The first-order valence-corrected chi connectivity index (χ1v) is 15.3. The molecule has 0 radical (unpaired) electrons. The highest BCUT2D eigenvalue weighted by Gasteiger charge is 2.31. The summed E-state index contributed by atoms with van der Waals surface area (Å²) in [7, 11) is -2.07. The van der Waals surface area contributed by atoms with Crippen molar-refractivity contribution in [3.8, 4) is 5.75 Å². The quantitative estimate of drug-likeness (QED) is 0.379. The van der Waals surface area contributed by atoms with Crippen LogP contribution in [0.15, 0.2) is 48.5 Å². The number of nitrogens with zero attached hydrogens (tertiary/aromatic N) is 2. The van der Waals surface area contributed by atoms with Crippen molar-refractivity contribution in [2.75, 3.05) is 24.2 Å². The molecule has 1 aliphatic carbocycles. The Morgan fingerprint density at radius 3 is 2.47 bits per heavy atom. The van der Waals surface area contributed by atoms with Gasteiger partial charge in [0, 0.05) is 36.6 Å². The zero-order valence-corrected chi connectivity index (χ0v) is 23.9. The van der Waals surface area contributed by atoms with Crippen molar-refractivity contribution >= 4 is 39.1 Å². The van der Waals surface area contributed by atoms with Crippen LogP contribution < -0.4 is 14.4 Å². The number of nitrogens with one attached hydrogen (secondary N) is 1. The highest BCUT2D eigenvalue weighted by Crippen LogP contribution is 2.25. The molecule has 3 rings (SSSR count). The molecule has 8 nitrogen and oxygen atoms in total. The van der Waals surface area contributed by atoms with E-state index in [1.54, 1.807) is 35.2 Å². The van der Waals surface area contributed by atoms with Gasteiger partial charge in [-0.1, -0.05) is 55.6 Å². The first-order valence-electron chi connectivity index (χ1n) is 13.1. The zero-order chi connectivity index (χ0) is 27.7. The van der Waals surface area contributed by atoms with Gasteiger partial charge in [0.2, 0.25) is 21.8 Å². The minimum Gasteiger partial charge on any atom is -0.497 e. The Morgan fingerprint density at radius 2 is 1.84 bits per heavy atom. The molecule has 2 aromatic rings. The maximum Gasteiger partial charge on any atom is 0.243 e. The fraction of sp³-hybridized carbons (Fsp3) is 0.500. The lowest BCUT2D eigenvalue weighted by Crippen LogP contribution is -2.51. The molecule has 10 heteroatoms. The normalized spacial score (nSPS) is 14.6. The Kier molecular flexibility index (Phi) is 10.8. The smallest absolute Gasteiger partial charge is 0.243 e. The van der Waals surface area contributed by atoms with Gasteiger partial charge < -0.3 is 15.0 Å². The van der Waals surface area contributed by atoms with Crippen molar-refractivity contribution < 1.29 is 22.7 Å². The first-order chi connectivity index (χ1) is 18.1. The summed E-state index contributed by atoms with van der Waals surface area (Å²) in [5.41, 5.74) is 1.22. The minimum absolute atomic E-state index is 0.0770. The van der Waals surface area contributed by atoms with Crippen LogP contribution in [0.5, 0.6) is 5.75 Å². The summed E-state index contributed by atoms with van der Waals surface area (Å²) in [5, 5.41) is 3.65. The van der Waals surface area contributed by atoms with Gasteiger partial charge in [-0.2, -0.15) is 0 Å². The standard InChI is InChI=1S/C28H38ClN3O5S/c1-4-26(28(34)30-22-12-6-7-13-22)31(20-21-11-5-8-16-25(21)29)27(33)17-10-18-32(38(3,35)36)23-14-9-15-24(19-23)37-2/h5,8-9,11,14-16,19,22,26H,4,6-7,10,12-13,17-18,20H2,1-3H3,(H,30,34). The van der Waals surface area contributed by atoms with Crippen LogP contribution in [0.1, 0.15) is 57.4 Å². The molecule has 1 aliphatic rings. The van der Waals surface area contributed by atoms with Gasteiger partial charge in [-0.3, -0.25) is 13.9 Å².